The Hall–Kier alpha value is -2.38. The molecule has 0 saturated carbocycles. The van der Waals surface area contributed by atoms with Crippen LogP contribution in [0.3, 0.4) is 0 Å². The summed E-state index contributed by atoms with van der Waals surface area (Å²) in [7, 11) is 0. The van der Waals surface area contributed by atoms with Gasteiger partial charge in [-0.3, -0.25) is 14.4 Å². The number of rotatable bonds is 5. The fourth-order valence-corrected chi connectivity index (χ4v) is 3.56. The highest BCUT2D eigenvalue weighted by Gasteiger charge is 2.36. The Morgan fingerprint density at radius 3 is 2.45 bits per heavy atom. The fourth-order valence-electron chi connectivity index (χ4n) is 3.21. The molecule has 2 aromatic rings. The first kappa shape index (κ1) is 21.3. The van der Waals surface area contributed by atoms with Crippen LogP contribution in [0.4, 0.5) is 11.4 Å². The second-order valence-corrected chi connectivity index (χ2v) is 8.19. The Morgan fingerprint density at radius 2 is 1.83 bits per heavy atom. The molecule has 1 N–H and O–H groups in total. The number of benzene rings is 2. The van der Waals surface area contributed by atoms with E-state index < -0.39 is 24.4 Å². The number of halogens is 2. The highest BCUT2D eigenvalue weighted by molar-refractivity contribution is 9.10. The highest BCUT2D eigenvalue weighted by atomic mass is 79.9. The van der Waals surface area contributed by atoms with Gasteiger partial charge < -0.3 is 15.0 Å². The molecule has 29 heavy (non-hydrogen) atoms. The molecule has 0 unspecified atom stereocenters. The van der Waals surface area contributed by atoms with E-state index in [1.165, 1.54) is 4.90 Å². The lowest BCUT2D eigenvalue weighted by molar-refractivity contribution is -0.151. The normalized spacial score (nSPS) is 16.1. The molecule has 1 heterocycles. The van der Waals surface area contributed by atoms with Crippen molar-refractivity contribution in [3.05, 3.63) is 57.0 Å². The lowest BCUT2D eigenvalue weighted by atomic mass is 10.1. The summed E-state index contributed by atoms with van der Waals surface area (Å²) in [5, 5.41) is 3.29. The van der Waals surface area contributed by atoms with Crippen LogP contribution in [0.2, 0.25) is 5.02 Å². The van der Waals surface area contributed by atoms with Gasteiger partial charge in [0.15, 0.2) is 6.61 Å². The van der Waals surface area contributed by atoms with Crippen LogP contribution in [0.1, 0.15) is 17.5 Å². The van der Waals surface area contributed by atoms with Crippen LogP contribution in [-0.4, -0.2) is 30.9 Å². The van der Waals surface area contributed by atoms with Gasteiger partial charge in [-0.15, -0.1) is 0 Å². The third-order valence-electron chi connectivity index (χ3n) is 4.66. The van der Waals surface area contributed by atoms with Crippen molar-refractivity contribution in [1.29, 1.82) is 0 Å². The molecule has 1 atom stereocenters. The molecule has 1 aliphatic rings. The number of anilines is 2. The minimum absolute atomic E-state index is 0.0498. The molecule has 1 aliphatic heterocycles. The Labute approximate surface area is 182 Å². The van der Waals surface area contributed by atoms with Gasteiger partial charge in [-0.2, -0.15) is 0 Å². The molecule has 2 aromatic carbocycles. The van der Waals surface area contributed by atoms with Crippen molar-refractivity contribution in [1.82, 2.24) is 0 Å². The topological polar surface area (TPSA) is 75.7 Å². The summed E-state index contributed by atoms with van der Waals surface area (Å²) in [4.78, 5) is 38.2. The fraction of sp³-hybridized carbons (Fsp3) is 0.286. The molecule has 0 bridgehead atoms. The van der Waals surface area contributed by atoms with Gasteiger partial charge in [0.05, 0.1) is 5.92 Å². The maximum Gasteiger partial charge on any atom is 0.311 e. The molecule has 3 rings (SSSR count). The average molecular weight is 480 g/mol. The first-order chi connectivity index (χ1) is 13.7. The van der Waals surface area contributed by atoms with Crippen LogP contribution in [0, 0.1) is 19.8 Å². The lowest BCUT2D eigenvalue weighted by Crippen LogP contribution is -2.28. The van der Waals surface area contributed by atoms with Crippen molar-refractivity contribution in [2.75, 3.05) is 23.4 Å². The predicted octanol–water partition coefficient (Wildman–Crippen LogP) is 4.25. The molecule has 8 heteroatoms. The number of carbonyl (C=O) groups is 3. The zero-order chi connectivity index (χ0) is 21.1. The van der Waals surface area contributed by atoms with Gasteiger partial charge in [-0.05, 0) is 61.4 Å². The van der Waals surface area contributed by atoms with Gasteiger partial charge in [0.1, 0.15) is 0 Å². The first-order valence-electron chi connectivity index (χ1n) is 9.03. The first-order valence-corrected chi connectivity index (χ1v) is 10.2. The smallest absolute Gasteiger partial charge is 0.311 e. The molecule has 152 valence electrons. The maximum absolute atomic E-state index is 12.3. The minimum Gasteiger partial charge on any atom is -0.455 e. The highest BCUT2D eigenvalue weighted by Crippen LogP contribution is 2.27. The van der Waals surface area contributed by atoms with Gasteiger partial charge in [-0.1, -0.05) is 27.5 Å². The van der Waals surface area contributed by atoms with Crippen LogP contribution in [0.5, 0.6) is 0 Å². The van der Waals surface area contributed by atoms with Crippen molar-refractivity contribution in [2.45, 2.75) is 20.3 Å². The molecular weight excluding hydrogens is 460 g/mol. The molecule has 1 fully saturated rings. The number of aryl methyl sites for hydroxylation is 2. The second kappa shape index (κ2) is 8.97. The molecule has 1 saturated heterocycles. The van der Waals surface area contributed by atoms with E-state index in [9.17, 15) is 14.4 Å². The number of hydrogen-bond acceptors (Lipinski definition) is 4. The van der Waals surface area contributed by atoms with E-state index in [2.05, 4.69) is 21.2 Å². The summed E-state index contributed by atoms with van der Waals surface area (Å²) < 4.78 is 6.12. The van der Waals surface area contributed by atoms with Crippen LogP contribution < -0.4 is 10.2 Å². The maximum atomic E-state index is 12.3. The van der Waals surface area contributed by atoms with Crippen molar-refractivity contribution < 1.29 is 19.1 Å². The Morgan fingerprint density at radius 1 is 1.21 bits per heavy atom. The number of carbonyl (C=O) groups excluding carboxylic acids is 3. The molecule has 2 amide bonds. The van der Waals surface area contributed by atoms with E-state index in [0.29, 0.717) is 16.4 Å². The summed E-state index contributed by atoms with van der Waals surface area (Å²) in [6.07, 6.45) is 0.0498. The van der Waals surface area contributed by atoms with Gasteiger partial charge >= 0.3 is 5.97 Å². The van der Waals surface area contributed by atoms with Crippen molar-refractivity contribution >= 4 is 56.7 Å². The van der Waals surface area contributed by atoms with Crippen LogP contribution in [0.15, 0.2) is 40.9 Å². The Kier molecular flexibility index (Phi) is 6.59. The van der Waals surface area contributed by atoms with Crippen molar-refractivity contribution in [3.8, 4) is 0 Å². The third kappa shape index (κ3) is 5.16. The average Bonchev–Trinajstić information content (AvgIpc) is 3.06. The number of nitrogens with one attached hydrogen (secondary N) is 1. The van der Waals surface area contributed by atoms with Gasteiger partial charge in [-0.25, -0.2) is 0 Å². The molecule has 0 aliphatic carbocycles. The number of hydrogen-bond donors (Lipinski definition) is 1. The van der Waals surface area contributed by atoms with Crippen molar-refractivity contribution in [2.24, 2.45) is 5.92 Å². The molecule has 0 aromatic heterocycles. The van der Waals surface area contributed by atoms with E-state index in [-0.39, 0.29) is 18.9 Å². The van der Waals surface area contributed by atoms with Crippen molar-refractivity contribution in [3.63, 3.8) is 0 Å². The number of esters is 1. The quantitative estimate of drug-likeness (QED) is 0.651. The van der Waals surface area contributed by atoms with E-state index in [1.807, 2.05) is 26.0 Å². The van der Waals surface area contributed by atoms with Crippen LogP contribution in [-0.2, 0) is 19.1 Å². The van der Waals surface area contributed by atoms with Gasteiger partial charge in [0.25, 0.3) is 5.91 Å². The summed E-state index contributed by atoms with van der Waals surface area (Å²) in [6.45, 7) is 3.66. The van der Waals surface area contributed by atoms with E-state index in [1.54, 1.807) is 24.3 Å². The Bertz CT molecular complexity index is 939. The van der Waals surface area contributed by atoms with Crippen LogP contribution >= 0.6 is 27.5 Å². The van der Waals surface area contributed by atoms with E-state index in [4.69, 9.17) is 16.3 Å². The minimum atomic E-state index is -0.608. The number of nitrogens with zero attached hydrogens (tertiary/aromatic N) is 1. The van der Waals surface area contributed by atoms with E-state index in [0.717, 1.165) is 15.6 Å². The summed E-state index contributed by atoms with van der Waals surface area (Å²) >= 11 is 9.35. The van der Waals surface area contributed by atoms with Gasteiger partial charge in [0.2, 0.25) is 5.91 Å². The molecular formula is C21H20BrClN2O4. The summed E-state index contributed by atoms with van der Waals surface area (Å²) in [6, 6.07) is 10.5. The summed E-state index contributed by atoms with van der Waals surface area (Å²) in [5.74, 6) is -1.77. The third-order valence-corrected chi connectivity index (χ3v) is 6.17. The molecule has 0 radical (unpaired) electrons. The number of amides is 2. The predicted molar refractivity (Wildman–Crippen MR) is 115 cm³/mol. The largest absolute Gasteiger partial charge is 0.455 e. The SMILES string of the molecule is Cc1cc(NC(=O)COC(=O)[C@H]2CC(=O)N(c3ccc(Cl)cc3)C2)cc(C)c1Br. The molecule has 0 spiro atoms. The summed E-state index contributed by atoms with van der Waals surface area (Å²) in [5.41, 5.74) is 3.29. The standard InChI is InChI=1S/C21H20BrClN2O4/c1-12-7-16(8-13(2)20(12)22)24-18(26)11-29-21(28)14-9-19(27)25(10-14)17-5-3-15(23)4-6-17/h3-8,14H,9-11H2,1-2H3,(H,24,26)/t14-/m0/s1. The second-order valence-electron chi connectivity index (χ2n) is 6.96. The van der Waals surface area contributed by atoms with E-state index >= 15 is 0 Å². The number of ether oxygens (including phenoxy) is 1. The van der Waals surface area contributed by atoms with Gasteiger partial charge in [0, 0.05) is 33.8 Å². The lowest BCUT2D eigenvalue weighted by Gasteiger charge is -2.16. The zero-order valence-electron chi connectivity index (χ0n) is 16.0. The van der Waals surface area contributed by atoms with Crippen LogP contribution in [0.25, 0.3) is 0 Å². The Balaban J connectivity index is 1.53. The molecule has 6 nitrogen and oxygen atoms in total. The zero-order valence-corrected chi connectivity index (χ0v) is 18.3. The monoisotopic (exact) mass is 478 g/mol.